The number of fused-ring (bicyclic) bond motifs is 6. The summed E-state index contributed by atoms with van der Waals surface area (Å²) < 4.78 is 8.79. The van der Waals surface area contributed by atoms with Crippen LogP contribution in [0.4, 0.5) is 0 Å². The van der Waals surface area contributed by atoms with Crippen molar-refractivity contribution in [3.05, 3.63) is 200 Å². The van der Waals surface area contributed by atoms with Crippen molar-refractivity contribution in [1.29, 1.82) is 0 Å². The molecule has 0 saturated heterocycles. The lowest BCUT2D eigenvalue weighted by molar-refractivity contribution is 0.669. The highest BCUT2D eigenvalue weighted by Crippen LogP contribution is 2.39. The van der Waals surface area contributed by atoms with E-state index in [2.05, 4.69) is 175 Å². The molecule has 0 N–H and O–H groups in total. The summed E-state index contributed by atoms with van der Waals surface area (Å²) in [5.41, 5.74) is 13.8. The number of benzene rings is 7. The van der Waals surface area contributed by atoms with Crippen molar-refractivity contribution in [3.63, 3.8) is 0 Å². The Balaban J connectivity index is 1.19. The summed E-state index contributed by atoms with van der Waals surface area (Å²) in [5, 5.41) is 4.59. The monoisotopic (exact) mass is 639 g/mol. The zero-order chi connectivity index (χ0) is 33.6. The van der Waals surface area contributed by atoms with Crippen LogP contribution in [-0.2, 0) is 0 Å². The molecule has 0 aliphatic heterocycles. The molecule has 2 nitrogen and oxygen atoms in total. The smallest absolute Gasteiger partial charge is 0.136 e. The van der Waals surface area contributed by atoms with Gasteiger partial charge >= 0.3 is 0 Å². The first kappa shape index (κ1) is 29.5. The first-order chi connectivity index (χ1) is 24.7. The quantitative estimate of drug-likeness (QED) is 0.159. The Morgan fingerprint density at radius 1 is 0.520 bits per heavy atom. The number of rotatable bonds is 7. The Hall–Kier alpha value is -6.64. The lowest BCUT2D eigenvalue weighted by Gasteiger charge is -2.13. The van der Waals surface area contributed by atoms with E-state index in [1.165, 1.54) is 32.9 Å². The summed E-state index contributed by atoms with van der Waals surface area (Å²) >= 11 is 0. The number of allylic oxidation sites excluding steroid dienone is 4. The lowest BCUT2D eigenvalue weighted by atomic mass is 9.91. The number of para-hydroxylation sites is 2. The molecule has 9 aromatic rings. The van der Waals surface area contributed by atoms with Crippen LogP contribution in [0.1, 0.15) is 11.1 Å². The average Bonchev–Trinajstić information content (AvgIpc) is 3.73. The van der Waals surface area contributed by atoms with E-state index in [4.69, 9.17) is 4.42 Å². The molecule has 0 aliphatic carbocycles. The summed E-state index contributed by atoms with van der Waals surface area (Å²) in [6.45, 7) is 8.87. The average molecular weight is 640 g/mol. The van der Waals surface area contributed by atoms with Crippen LogP contribution in [0, 0.1) is 0 Å². The number of nitrogens with zero attached hydrogens (tertiary/aromatic N) is 1. The minimum atomic E-state index is 0.837. The zero-order valence-corrected chi connectivity index (χ0v) is 27.5. The van der Waals surface area contributed by atoms with E-state index >= 15 is 0 Å². The topological polar surface area (TPSA) is 18.1 Å². The summed E-state index contributed by atoms with van der Waals surface area (Å²) in [6.07, 6.45) is 4.08. The van der Waals surface area contributed by atoms with Crippen LogP contribution in [0.3, 0.4) is 0 Å². The van der Waals surface area contributed by atoms with Crippen LogP contribution in [0.5, 0.6) is 0 Å². The van der Waals surface area contributed by atoms with Gasteiger partial charge in [0.2, 0.25) is 0 Å². The molecule has 0 aliphatic rings. The minimum Gasteiger partial charge on any atom is -0.456 e. The number of aromatic nitrogens is 1. The normalized spacial score (nSPS) is 11.9. The number of furan rings is 1. The van der Waals surface area contributed by atoms with Gasteiger partial charge in [0.15, 0.2) is 0 Å². The number of hydrogen-bond donors (Lipinski definition) is 0. The van der Waals surface area contributed by atoms with Crippen molar-refractivity contribution in [2.45, 2.75) is 0 Å². The van der Waals surface area contributed by atoms with Crippen LogP contribution in [-0.4, -0.2) is 4.57 Å². The van der Waals surface area contributed by atoms with Gasteiger partial charge in [-0.05, 0) is 105 Å². The van der Waals surface area contributed by atoms with Gasteiger partial charge in [-0.15, -0.1) is 0 Å². The van der Waals surface area contributed by atoms with Crippen molar-refractivity contribution in [2.24, 2.45) is 0 Å². The second kappa shape index (κ2) is 12.1. The highest BCUT2D eigenvalue weighted by molar-refractivity contribution is 6.13. The standard InChI is InChI=1S/C48H33NO/c1-3-33(36-28-37(34-15-6-4-7-16-34)30-38(29-36)35-17-8-5-9-18-35)27-32(2)40-21-14-24-47-48(40)43-31-39(25-26-46(43)50-47)49-44-22-12-10-19-41(44)42-20-11-13-23-45(42)49/h3-31H,1-2H2/b33-27+. The van der Waals surface area contributed by atoms with E-state index in [-0.39, 0.29) is 0 Å². The SMILES string of the molecule is C=C/C(=C\C(=C)c1cccc2oc3ccc(-n4c5ccccc5c5ccccc54)cc3c12)c1cc(-c2ccccc2)cc(-c2ccccc2)c1. The van der Waals surface area contributed by atoms with E-state index in [1.54, 1.807) is 0 Å². The van der Waals surface area contributed by atoms with E-state index in [0.717, 1.165) is 61.0 Å². The molecular formula is C48H33NO. The Kier molecular flexibility index (Phi) is 7.14. The molecule has 7 aromatic carbocycles. The molecular weight excluding hydrogens is 607 g/mol. The van der Waals surface area contributed by atoms with Crippen molar-refractivity contribution in [1.82, 2.24) is 4.57 Å². The number of hydrogen-bond acceptors (Lipinski definition) is 1. The molecule has 0 saturated carbocycles. The fraction of sp³-hybridized carbons (Fsp3) is 0. The summed E-state index contributed by atoms with van der Waals surface area (Å²) in [7, 11) is 0. The highest BCUT2D eigenvalue weighted by Gasteiger charge is 2.17. The first-order valence-electron chi connectivity index (χ1n) is 16.9. The molecule has 236 valence electrons. The predicted molar refractivity (Wildman–Crippen MR) is 213 cm³/mol. The maximum absolute atomic E-state index is 6.44. The Morgan fingerprint density at radius 2 is 1.12 bits per heavy atom. The van der Waals surface area contributed by atoms with Gasteiger partial charge in [0.25, 0.3) is 0 Å². The summed E-state index contributed by atoms with van der Waals surface area (Å²) in [5.74, 6) is 0. The van der Waals surface area contributed by atoms with Crippen LogP contribution < -0.4 is 0 Å². The fourth-order valence-corrected chi connectivity index (χ4v) is 7.34. The van der Waals surface area contributed by atoms with Crippen molar-refractivity contribution in [2.75, 3.05) is 0 Å². The van der Waals surface area contributed by atoms with Gasteiger partial charge < -0.3 is 8.98 Å². The van der Waals surface area contributed by atoms with E-state index in [1.807, 2.05) is 18.2 Å². The molecule has 0 unspecified atom stereocenters. The van der Waals surface area contributed by atoms with Gasteiger partial charge in [-0.2, -0.15) is 0 Å². The zero-order valence-electron chi connectivity index (χ0n) is 27.5. The molecule has 0 amide bonds. The van der Waals surface area contributed by atoms with E-state index < -0.39 is 0 Å². The van der Waals surface area contributed by atoms with Gasteiger partial charge in [0.05, 0.1) is 11.0 Å². The second-order valence-corrected chi connectivity index (χ2v) is 12.7. The van der Waals surface area contributed by atoms with Crippen molar-refractivity contribution < 1.29 is 4.42 Å². The molecule has 2 aromatic heterocycles. The maximum Gasteiger partial charge on any atom is 0.136 e. The molecule has 0 fully saturated rings. The molecule has 0 radical (unpaired) electrons. The van der Waals surface area contributed by atoms with Gasteiger partial charge in [0.1, 0.15) is 11.2 Å². The summed E-state index contributed by atoms with van der Waals surface area (Å²) in [6, 6.07) is 57.7. The molecule has 2 heteroatoms. The van der Waals surface area contributed by atoms with Crippen LogP contribution in [0.15, 0.2) is 194 Å². The molecule has 0 atom stereocenters. The maximum atomic E-state index is 6.44. The fourth-order valence-electron chi connectivity index (χ4n) is 7.34. The Labute approximate surface area is 291 Å². The third kappa shape index (κ3) is 4.98. The predicted octanol–water partition coefficient (Wildman–Crippen LogP) is 13.3. The van der Waals surface area contributed by atoms with Gasteiger partial charge in [-0.1, -0.05) is 128 Å². The molecule has 9 rings (SSSR count). The molecule has 2 heterocycles. The Bertz CT molecular complexity index is 2660. The van der Waals surface area contributed by atoms with Crippen LogP contribution >= 0.6 is 0 Å². The lowest BCUT2D eigenvalue weighted by Crippen LogP contribution is -1.93. The third-order valence-corrected chi connectivity index (χ3v) is 9.69. The second-order valence-electron chi connectivity index (χ2n) is 12.7. The third-order valence-electron chi connectivity index (χ3n) is 9.69. The van der Waals surface area contributed by atoms with Crippen molar-refractivity contribution >= 4 is 54.9 Å². The van der Waals surface area contributed by atoms with E-state index in [0.29, 0.717) is 0 Å². The van der Waals surface area contributed by atoms with Gasteiger partial charge in [-0.3, -0.25) is 0 Å². The first-order valence-corrected chi connectivity index (χ1v) is 16.9. The molecule has 0 spiro atoms. The largest absolute Gasteiger partial charge is 0.456 e. The minimum absolute atomic E-state index is 0.837. The van der Waals surface area contributed by atoms with Gasteiger partial charge in [-0.25, -0.2) is 0 Å². The molecule has 50 heavy (non-hydrogen) atoms. The Morgan fingerprint density at radius 3 is 1.74 bits per heavy atom. The summed E-state index contributed by atoms with van der Waals surface area (Å²) in [4.78, 5) is 0. The van der Waals surface area contributed by atoms with Crippen LogP contribution in [0.25, 0.3) is 82.8 Å². The van der Waals surface area contributed by atoms with E-state index in [9.17, 15) is 0 Å². The van der Waals surface area contributed by atoms with Crippen LogP contribution in [0.2, 0.25) is 0 Å². The van der Waals surface area contributed by atoms with Gasteiger partial charge in [0, 0.05) is 27.2 Å². The van der Waals surface area contributed by atoms with Crippen molar-refractivity contribution in [3.8, 4) is 27.9 Å². The molecule has 0 bridgehead atoms. The highest BCUT2D eigenvalue weighted by atomic mass is 16.3.